The molecular formula is C12H26N2O4. The molecular weight excluding hydrogens is 236 g/mol. The van der Waals surface area contributed by atoms with Crippen molar-refractivity contribution in [1.82, 2.24) is 10.4 Å². The molecule has 0 rings (SSSR count). The average molecular weight is 262 g/mol. The number of nitrogens with one attached hydrogen (secondary N) is 1. The molecule has 0 unspecified atom stereocenters. The third-order valence-corrected chi connectivity index (χ3v) is 1.98. The Morgan fingerprint density at radius 3 is 2.17 bits per heavy atom. The Hall–Kier alpha value is -1.30. The van der Waals surface area contributed by atoms with Crippen LogP contribution in [0.25, 0.3) is 0 Å². The van der Waals surface area contributed by atoms with Crippen LogP contribution in [0.2, 0.25) is 0 Å². The van der Waals surface area contributed by atoms with Gasteiger partial charge in [0, 0.05) is 7.05 Å². The summed E-state index contributed by atoms with van der Waals surface area (Å²) in [6.07, 6.45) is -0.145. The van der Waals surface area contributed by atoms with Gasteiger partial charge in [0.15, 0.2) is 0 Å². The number of nitrogens with zero attached hydrogens (tertiary/aromatic N) is 1. The van der Waals surface area contributed by atoms with Gasteiger partial charge in [0.25, 0.3) is 5.91 Å². The van der Waals surface area contributed by atoms with Crippen LogP contribution in [0.3, 0.4) is 0 Å². The minimum absolute atomic E-state index is 0. The molecule has 0 aromatic carbocycles. The normalized spacial score (nSPS) is 12.1. The first-order valence-corrected chi connectivity index (χ1v) is 5.52. The van der Waals surface area contributed by atoms with Gasteiger partial charge in [-0.3, -0.25) is 9.63 Å². The van der Waals surface area contributed by atoms with Gasteiger partial charge in [-0.2, -0.15) is 0 Å². The zero-order valence-electron chi connectivity index (χ0n) is 11.4. The van der Waals surface area contributed by atoms with Crippen LogP contribution in [0, 0.1) is 0 Å². The predicted octanol–water partition coefficient (Wildman–Crippen LogP) is 1.95. The lowest BCUT2D eigenvalue weighted by atomic mass is 10.2. The van der Waals surface area contributed by atoms with E-state index < -0.39 is 17.7 Å². The van der Waals surface area contributed by atoms with E-state index in [0.29, 0.717) is 6.42 Å². The highest BCUT2D eigenvalue weighted by atomic mass is 16.7. The molecule has 0 bridgehead atoms. The first-order chi connectivity index (χ1) is 7.71. The smallest absolute Gasteiger partial charge is 0.408 e. The Morgan fingerprint density at radius 2 is 1.83 bits per heavy atom. The monoisotopic (exact) mass is 262 g/mol. The van der Waals surface area contributed by atoms with Crippen molar-refractivity contribution < 1.29 is 19.2 Å². The Bertz CT molecular complexity index is 274. The first-order valence-electron chi connectivity index (χ1n) is 5.52. The fourth-order valence-electron chi connectivity index (χ4n) is 1.10. The summed E-state index contributed by atoms with van der Waals surface area (Å²) >= 11 is 0. The van der Waals surface area contributed by atoms with Crippen LogP contribution < -0.4 is 5.32 Å². The Morgan fingerprint density at radius 1 is 1.33 bits per heavy atom. The quantitative estimate of drug-likeness (QED) is 0.786. The molecule has 1 atom stereocenters. The van der Waals surface area contributed by atoms with Gasteiger partial charge in [0.2, 0.25) is 0 Å². The second-order valence-corrected chi connectivity index (χ2v) is 4.63. The number of amides is 2. The highest BCUT2D eigenvalue weighted by Crippen LogP contribution is 2.07. The van der Waals surface area contributed by atoms with Gasteiger partial charge < -0.3 is 10.1 Å². The fraction of sp³-hybridized carbons (Fsp3) is 0.833. The van der Waals surface area contributed by atoms with Crippen molar-refractivity contribution in [3.63, 3.8) is 0 Å². The molecule has 1 N–H and O–H groups in total. The third-order valence-electron chi connectivity index (χ3n) is 1.98. The van der Waals surface area contributed by atoms with Crippen molar-refractivity contribution in [1.29, 1.82) is 0 Å². The molecule has 0 aliphatic heterocycles. The van der Waals surface area contributed by atoms with Crippen LogP contribution in [0.4, 0.5) is 4.79 Å². The number of hydrogen-bond acceptors (Lipinski definition) is 4. The SMILES string of the molecule is C.CC[C@H](NC(=O)OC(C)(C)C)C(=O)N(C)OC. The van der Waals surface area contributed by atoms with Crippen LogP contribution in [-0.4, -0.2) is 42.9 Å². The molecule has 18 heavy (non-hydrogen) atoms. The van der Waals surface area contributed by atoms with E-state index >= 15 is 0 Å². The van der Waals surface area contributed by atoms with Crippen LogP contribution in [-0.2, 0) is 14.4 Å². The molecule has 0 fully saturated rings. The van der Waals surface area contributed by atoms with E-state index in [1.165, 1.54) is 14.2 Å². The molecule has 2 amide bonds. The second-order valence-electron chi connectivity index (χ2n) is 4.63. The zero-order valence-corrected chi connectivity index (χ0v) is 11.4. The fourth-order valence-corrected chi connectivity index (χ4v) is 1.10. The Kier molecular flexibility index (Phi) is 8.38. The maximum absolute atomic E-state index is 11.7. The molecule has 0 aliphatic rings. The lowest BCUT2D eigenvalue weighted by Crippen LogP contribution is -2.48. The van der Waals surface area contributed by atoms with Gasteiger partial charge >= 0.3 is 6.09 Å². The minimum atomic E-state index is -0.644. The molecule has 6 heteroatoms. The third kappa shape index (κ3) is 7.11. The van der Waals surface area contributed by atoms with E-state index in [4.69, 9.17) is 9.57 Å². The number of likely N-dealkylation sites (N-methyl/N-ethyl adjacent to an activating group) is 1. The molecule has 108 valence electrons. The van der Waals surface area contributed by atoms with Crippen LogP contribution >= 0.6 is 0 Å². The zero-order chi connectivity index (χ0) is 13.6. The number of carbonyl (C=O) groups is 2. The van der Waals surface area contributed by atoms with Crippen LogP contribution in [0.5, 0.6) is 0 Å². The minimum Gasteiger partial charge on any atom is -0.444 e. The molecule has 0 aromatic rings. The van der Waals surface area contributed by atoms with E-state index in [1.54, 1.807) is 27.7 Å². The average Bonchev–Trinajstić information content (AvgIpc) is 2.21. The summed E-state index contributed by atoms with van der Waals surface area (Å²) in [5, 5.41) is 3.58. The van der Waals surface area contributed by atoms with E-state index in [2.05, 4.69) is 5.32 Å². The Labute approximate surface area is 110 Å². The Balaban J connectivity index is 0. The number of rotatable bonds is 4. The summed E-state index contributed by atoms with van der Waals surface area (Å²) < 4.78 is 5.07. The number of carbonyl (C=O) groups excluding carboxylic acids is 2. The highest BCUT2D eigenvalue weighted by molar-refractivity contribution is 5.84. The topological polar surface area (TPSA) is 67.9 Å². The van der Waals surface area contributed by atoms with Gasteiger partial charge in [-0.05, 0) is 27.2 Å². The van der Waals surface area contributed by atoms with E-state index in [-0.39, 0.29) is 13.3 Å². The number of ether oxygens (including phenoxy) is 1. The summed E-state index contributed by atoms with van der Waals surface area (Å²) in [7, 11) is 2.87. The maximum Gasteiger partial charge on any atom is 0.408 e. The van der Waals surface area contributed by atoms with Crippen molar-refractivity contribution in [2.75, 3.05) is 14.2 Å². The molecule has 0 aliphatic carbocycles. The van der Waals surface area contributed by atoms with Crippen LogP contribution in [0.15, 0.2) is 0 Å². The number of hydrogen-bond donors (Lipinski definition) is 1. The molecule has 0 radical (unpaired) electrons. The molecule has 6 nitrogen and oxygen atoms in total. The maximum atomic E-state index is 11.7. The van der Waals surface area contributed by atoms with E-state index in [9.17, 15) is 9.59 Å². The summed E-state index contributed by atoms with van der Waals surface area (Å²) in [5.41, 5.74) is -0.585. The van der Waals surface area contributed by atoms with Gasteiger partial charge in [-0.1, -0.05) is 14.4 Å². The van der Waals surface area contributed by atoms with Gasteiger partial charge in [-0.25, -0.2) is 9.86 Å². The highest BCUT2D eigenvalue weighted by Gasteiger charge is 2.25. The summed E-state index contributed by atoms with van der Waals surface area (Å²) in [6, 6.07) is -0.644. The molecule has 0 aromatic heterocycles. The molecule has 0 spiro atoms. The van der Waals surface area contributed by atoms with Crippen molar-refractivity contribution in [2.45, 2.75) is 53.2 Å². The molecule has 0 saturated heterocycles. The molecule has 0 heterocycles. The van der Waals surface area contributed by atoms with Crippen molar-refractivity contribution in [3.8, 4) is 0 Å². The van der Waals surface area contributed by atoms with E-state index in [1.807, 2.05) is 0 Å². The summed E-state index contributed by atoms with van der Waals surface area (Å²) in [4.78, 5) is 28.0. The number of hydroxylamine groups is 2. The predicted molar refractivity (Wildman–Crippen MR) is 70.0 cm³/mol. The van der Waals surface area contributed by atoms with Crippen molar-refractivity contribution in [2.24, 2.45) is 0 Å². The van der Waals surface area contributed by atoms with Crippen LogP contribution in [0.1, 0.15) is 41.5 Å². The van der Waals surface area contributed by atoms with Gasteiger partial charge in [0.1, 0.15) is 11.6 Å². The second kappa shape index (κ2) is 7.92. The van der Waals surface area contributed by atoms with E-state index in [0.717, 1.165) is 5.06 Å². The number of alkyl carbamates (subject to hydrolysis) is 1. The lowest BCUT2D eigenvalue weighted by Gasteiger charge is -2.24. The summed E-state index contributed by atoms with van der Waals surface area (Å²) in [6.45, 7) is 7.08. The van der Waals surface area contributed by atoms with Crippen molar-refractivity contribution >= 4 is 12.0 Å². The largest absolute Gasteiger partial charge is 0.444 e. The van der Waals surface area contributed by atoms with Gasteiger partial charge in [-0.15, -0.1) is 0 Å². The molecule has 0 saturated carbocycles. The first kappa shape index (κ1) is 19.0. The van der Waals surface area contributed by atoms with Crippen molar-refractivity contribution in [3.05, 3.63) is 0 Å². The standard InChI is InChI=1S/C11H22N2O4.CH4/c1-7-8(9(14)13(5)16-6)12-10(15)17-11(2,3)4;/h8H,7H2,1-6H3,(H,12,15);1H4/t8-;/m0./s1. The lowest BCUT2D eigenvalue weighted by molar-refractivity contribution is -0.171. The van der Waals surface area contributed by atoms with Gasteiger partial charge in [0.05, 0.1) is 7.11 Å². The summed E-state index contributed by atoms with van der Waals surface area (Å²) in [5.74, 6) is -0.319.